The van der Waals surface area contributed by atoms with E-state index in [9.17, 15) is 0 Å². The van der Waals surface area contributed by atoms with Gasteiger partial charge in [0.1, 0.15) is 0 Å². The number of pyridine rings is 1. The van der Waals surface area contributed by atoms with Gasteiger partial charge in [-0.1, -0.05) is 6.92 Å². The largest absolute Gasteiger partial charge is 0.390 e. The van der Waals surface area contributed by atoms with E-state index in [1.807, 2.05) is 12.1 Å². The zero-order valence-electron chi connectivity index (χ0n) is 8.90. The first-order chi connectivity index (χ1) is 6.81. The molecule has 1 N–H and O–H groups in total. The number of rotatable bonds is 5. The van der Waals surface area contributed by atoms with Crippen LogP contribution in [-0.4, -0.2) is 23.2 Å². The molecule has 0 bridgehead atoms. The van der Waals surface area contributed by atoms with Crippen LogP contribution in [0, 0.1) is 0 Å². The van der Waals surface area contributed by atoms with Gasteiger partial charge in [0, 0.05) is 25.0 Å². The van der Waals surface area contributed by atoms with Crippen LogP contribution in [0.1, 0.15) is 26.0 Å². The molecule has 3 heteroatoms. The van der Waals surface area contributed by atoms with Crippen molar-refractivity contribution in [2.24, 2.45) is 0 Å². The van der Waals surface area contributed by atoms with Crippen LogP contribution in [0.5, 0.6) is 0 Å². The van der Waals surface area contributed by atoms with E-state index in [2.05, 4.69) is 23.7 Å². The van der Waals surface area contributed by atoms with E-state index >= 15 is 0 Å². The summed E-state index contributed by atoms with van der Waals surface area (Å²) in [5, 5.41) is 8.97. The maximum absolute atomic E-state index is 8.97. The minimum absolute atomic E-state index is 0.0114. The molecule has 1 aromatic rings. The van der Waals surface area contributed by atoms with Crippen molar-refractivity contribution in [1.29, 1.82) is 0 Å². The number of nitrogens with zero attached hydrogens (tertiary/aromatic N) is 2. The Morgan fingerprint density at radius 1 is 1.43 bits per heavy atom. The van der Waals surface area contributed by atoms with Crippen LogP contribution < -0.4 is 4.90 Å². The van der Waals surface area contributed by atoms with Crippen LogP contribution >= 0.6 is 0 Å². The summed E-state index contributed by atoms with van der Waals surface area (Å²) in [6.07, 6.45) is 2.88. The first kappa shape index (κ1) is 11.0. The number of aliphatic hydroxyl groups excluding tert-OH is 1. The van der Waals surface area contributed by atoms with Crippen LogP contribution in [0.4, 0.5) is 5.69 Å². The minimum atomic E-state index is 0.0114. The normalized spacial score (nSPS) is 10.2. The summed E-state index contributed by atoms with van der Waals surface area (Å²) in [5.41, 5.74) is 1.88. The van der Waals surface area contributed by atoms with Crippen molar-refractivity contribution < 1.29 is 5.11 Å². The zero-order valence-corrected chi connectivity index (χ0v) is 8.90. The summed E-state index contributed by atoms with van der Waals surface area (Å²) in [5.74, 6) is 0. The molecule has 0 saturated carbocycles. The second-order valence-electron chi connectivity index (χ2n) is 3.24. The minimum Gasteiger partial charge on any atom is -0.390 e. The van der Waals surface area contributed by atoms with E-state index in [4.69, 9.17) is 5.11 Å². The Hall–Kier alpha value is -1.09. The number of aromatic nitrogens is 1. The third kappa shape index (κ3) is 2.70. The van der Waals surface area contributed by atoms with Crippen molar-refractivity contribution in [3.8, 4) is 0 Å². The Bertz CT molecular complexity index is 276. The topological polar surface area (TPSA) is 36.4 Å². The highest BCUT2D eigenvalue weighted by Gasteiger charge is 2.03. The second-order valence-corrected chi connectivity index (χ2v) is 3.24. The molecule has 1 heterocycles. The lowest BCUT2D eigenvalue weighted by atomic mass is 10.3. The van der Waals surface area contributed by atoms with Crippen molar-refractivity contribution >= 4 is 5.69 Å². The number of hydrogen-bond donors (Lipinski definition) is 1. The zero-order chi connectivity index (χ0) is 10.4. The Morgan fingerprint density at radius 3 is 2.79 bits per heavy atom. The van der Waals surface area contributed by atoms with Crippen molar-refractivity contribution in [2.45, 2.75) is 26.9 Å². The van der Waals surface area contributed by atoms with Gasteiger partial charge < -0.3 is 10.0 Å². The summed E-state index contributed by atoms with van der Waals surface area (Å²) >= 11 is 0. The standard InChI is InChI=1S/C11H18N2O/c1-3-7-13(4-2)11-5-6-12-10(8-11)9-14/h5-6,8,14H,3-4,7,9H2,1-2H3. The van der Waals surface area contributed by atoms with Crippen LogP contribution in [-0.2, 0) is 6.61 Å². The molecule has 0 fully saturated rings. The molecule has 0 spiro atoms. The predicted molar refractivity (Wildman–Crippen MR) is 58.3 cm³/mol. The third-order valence-corrected chi connectivity index (χ3v) is 2.20. The highest BCUT2D eigenvalue weighted by atomic mass is 16.3. The molecule has 0 atom stereocenters. The van der Waals surface area contributed by atoms with E-state index in [0.29, 0.717) is 0 Å². The molecule has 0 aliphatic carbocycles. The van der Waals surface area contributed by atoms with E-state index < -0.39 is 0 Å². The number of hydrogen-bond acceptors (Lipinski definition) is 3. The molecular formula is C11H18N2O. The van der Waals surface area contributed by atoms with Gasteiger partial charge in [0.2, 0.25) is 0 Å². The number of anilines is 1. The van der Waals surface area contributed by atoms with Crippen LogP contribution in [0.25, 0.3) is 0 Å². The monoisotopic (exact) mass is 194 g/mol. The van der Waals surface area contributed by atoms with Gasteiger partial charge in [-0.05, 0) is 25.5 Å². The lowest BCUT2D eigenvalue weighted by molar-refractivity contribution is 0.277. The first-order valence-corrected chi connectivity index (χ1v) is 5.12. The average Bonchev–Trinajstić information content (AvgIpc) is 2.26. The van der Waals surface area contributed by atoms with Gasteiger partial charge >= 0.3 is 0 Å². The van der Waals surface area contributed by atoms with Gasteiger partial charge in [-0.2, -0.15) is 0 Å². The highest BCUT2D eigenvalue weighted by Crippen LogP contribution is 2.14. The Labute approximate surface area is 85.4 Å². The van der Waals surface area contributed by atoms with Crippen molar-refractivity contribution in [1.82, 2.24) is 4.98 Å². The van der Waals surface area contributed by atoms with Gasteiger partial charge in [-0.15, -0.1) is 0 Å². The van der Waals surface area contributed by atoms with Crippen molar-refractivity contribution in [3.63, 3.8) is 0 Å². The maximum Gasteiger partial charge on any atom is 0.0853 e. The van der Waals surface area contributed by atoms with Crippen LogP contribution in [0.2, 0.25) is 0 Å². The average molecular weight is 194 g/mol. The maximum atomic E-state index is 8.97. The molecule has 78 valence electrons. The summed E-state index contributed by atoms with van der Waals surface area (Å²) in [6, 6.07) is 3.93. The van der Waals surface area contributed by atoms with Gasteiger partial charge in [-0.3, -0.25) is 4.98 Å². The molecule has 3 nitrogen and oxygen atoms in total. The summed E-state index contributed by atoms with van der Waals surface area (Å²) in [4.78, 5) is 6.34. The molecule has 1 rings (SSSR count). The Balaban J connectivity index is 2.80. The highest BCUT2D eigenvalue weighted by molar-refractivity contribution is 5.46. The van der Waals surface area contributed by atoms with Crippen LogP contribution in [0.15, 0.2) is 18.3 Å². The first-order valence-electron chi connectivity index (χ1n) is 5.12. The smallest absolute Gasteiger partial charge is 0.0853 e. The molecule has 0 aromatic carbocycles. The fourth-order valence-electron chi connectivity index (χ4n) is 1.49. The second kappa shape index (κ2) is 5.60. The molecule has 14 heavy (non-hydrogen) atoms. The SMILES string of the molecule is CCCN(CC)c1ccnc(CO)c1. The predicted octanol–water partition coefficient (Wildman–Crippen LogP) is 1.81. The molecule has 1 aromatic heterocycles. The summed E-state index contributed by atoms with van der Waals surface area (Å²) in [7, 11) is 0. The van der Waals surface area contributed by atoms with E-state index in [0.717, 1.165) is 30.9 Å². The van der Waals surface area contributed by atoms with E-state index in [1.165, 1.54) is 0 Å². The van der Waals surface area contributed by atoms with Crippen molar-refractivity contribution in [2.75, 3.05) is 18.0 Å². The Kier molecular flexibility index (Phi) is 4.40. The fourth-order valence-corrected chi connectivity index (χ4v) is 1.49. The third-order valence-electron chi connectivity index (χ3n) is 2.20. The van der Waals surface area contributed by atoms with Gasteiger partial charge in [-0.25, -0.2) is 0 Å². The summed E-state index contributed by atoms with van der Waals surface area (Å²) in [6.45, 7) is 6.34. The Morgan fingerprint density at radius 2 is 2.21 bits per heavy atom. The van der Waals surface area contributed by atoms with Gasteiger partial charge in [0.15, 0.2) is 0 Å². The fraction of sp³-hybridized carbons (Fsp3) is 0.545. The molecule has 0 radical (unpaired) electrons. The molecule has 0 unspecified atom stereocenters. The molecule has 0 aliphatic heterocycles. The molecule has 0 saturated heterocycles. The lowest BCUT2D eigenvalue weighted by Gasteiger charge is -2.22. The van der Waals surface area contributed by atoms with Gasteiger partial charge in [0.25, 0.3) is 0 Å². The quantitative estimate of drug-likeness (QED) is 0.776. The number of aliphatic hydroxyl groups is 1. The van der Waals surface area contributed by atoms with E-state index in [-0.39, 0.29) is 6.61 Å². The van der Waals surface area contributed by atoms with E-state index in [1.54, 1.807) is 6.20 Å². The van der Waals surface area contributed by atoms with Crippen molar-refractivity contribution in [3.05, 3.63) is 24.0 Å². The lowest BCUT2D eigenvalue weighted by Crippen LogP contribution is -2.23. The molecule has 0 amide bonds. The molecular weight excluding hydrogens is 176 g/mol. The summed E-state index contributed by atoms with van der Waals surface area (Å²) < 4.78 is 0. The van der Waals surface area contributed by atoms with Gasteiger partial charge in [0.05, 0.1) is 12.3 Å². The molecule has 0 aliphatic rings. The van der Waals surface area contributed by atoms with Crippen LogP contribution in [0.3, 0.4) is 0 Å².